The zero-order valence-corrected chi connectivity index (χ0v) is 8.52. The molecule has 72 valence electrons. The number of imidazole rings is 1. The highest BCUT2D eigenvalue weighted by molar-refractivity contribution is 5.41. The van der Waals surface area contributed by atoms with Crippen molar-refractivity contribution in [1.29, 1.82) is 5.26 Å². The summed E-state index contributed by atoms with van der Waals surface area (Å²) < 4.78 is 1.54. The Morgan fingerprint density at radius 3 is 2.71 bits per heavy atom. The second kappa shape index (κ2) is 4.38. The fourth-order valence-electron chi connectivity index (χ4n) is 1.04. The molecule has 0 bridgehead atoms. The lowest BCUT2D eigenvalue weighted by molar-refractivity contribution is 0.888. The first kappa shape index (κ1) is 10.2. The minimum atomic E-state index is 0.466. The highest BCUT2D eigenvalue weighted by atomic mass is 15.3. The van der Waals surface area contributed by atoms with Crippen LogP contribution >= 0.6 is 0 Å². The Hall–Kier alpha value is -1.89. The van der Waals surface area contributed by atoms with Crippen molar-refractivity contribution in [1.82, 2.24) is 14.6 Å². The van der Waals surface area contributed by atoms with Gasteiger partial charge in [0.25, 0.3) is 0 Å². The van der Waals surface area contributed by atoms with Crippen molar-refractivity contribution in [2.24, 2.45) is 0 Å². The van der Waals surface area contributed by atoms with E-state index < -0.39 is 0 Å². The van der Waals surface area contributed by atoms with Gasteiger partial charge in [-0.15, -0.1) is 0 Å². The van der Waals surface area contributed by atoms with Crippen molar-refractivity contribution in [3.63, 3.8) is 0 Å². The van der Waals surface area contributed by atoms with Gasteiger partial charge in [-0.25, -0.2) is 9.50 Å². The van der Waals surface area contributed by atoms with Gasteiger partial charge in [-0.3, -0.25) is 0 Å². The second-order valence-electron chi connectivity index (χ2n) is 2.50. The van der Waals surface area contributed by atoms with Gasteiger partial charge in [0.2, 0.25) is 0 Å². The van der Waals surface area contributed by atoms with E-state index in [1.165, 1.54) is 10.7 Å². The fraction of sp³-hybridized carbons (Fsp3) is 0.300. The van der Waals surface area contributed by atoms with Gasteiger partial charge < -0.3 is 0 Å². The van der Waals surface area contributed by atoms with Crippen LogP contribution in [0, 0.1) is 18.3 Å². The molecule has 2 rings (SSSR count). The van der Waals surface area contributed by atoms with E-state index in [-0.39, 0.29) is 0 Å². The summed E-state index contributed by atoms with van der Waals surface area (Å²) in [5.41, 5.74) is 2.04. The number of aryl methyl sites for hydroxylation is 1. The van der Waals surface area contributed by atoms with Gasteiger partial charge in [-0.05, 0) is 19.1 Å². The van der Waals surface area contributed by atoms with Crippen molar-refractivity contribution in [3.05, 3.63) is 29.7 Å². The van der Waals surface area contributed by atoms with Gasteiger partial charge in [-0.1, -0.05) is 13.8 Å². The molecule has 0 aromatic carbocycles. The minimum absolute atomic E-state index is 0.466. The number of aromatic nitrogens is 3. The summed E-state index contributed by atoms with van der Waals surface area (Å²) in [6.07, 6.45) is 1.52. The largest absolute Gasteiger partial charge is 0.234 e. The maximum absolute atomic E-state index is 8.66. The molecule has 0 spiro atoms. The van der Waals surface area contributed by atoms with Crippen molar-refractivity contribution >= 4 is 5.65 Å². The average Bonchev–Trinajstić information content (AvgIpc) is 2.63. The monoisotopic (exact) mass is 188 g/mol. The number of rotatable bonds is 0. The molecule has 0 unspecified atom stereocenters. The van der Waals surface area contributed by atoms with Crippen LogP contribution in [-0.2, 0) is 0 Å². The molecule has 0 saturated carbocycles. The van der Waals surface area contributed by atoms with E-state index in [9.17, 15) is 0 Å². The molecule has 0 aliphatic carbocycles. The average molecular weight is 188 g/mol. The Morgan fingerprint density at radius 2 is 2.07 bits per heavy atom. The Balaban J connectivity index is 0.000000461. The summed E-state index contributed by atoms with van der Waals surface area (Å²) in [5, 5.41) is 12.8. The summed E-state index contributed by atoms with van der Waals surface area (Å²) >= 11 is 0. The molecule has 0 atom stereocenters. The van der Waals surface area contributed by atoms with Gasteiger partial charge in [0.05, 0.1) is 11.9 Å². The lowest BCUT2D eigenvalue weighted by atomic mass is 10.4. The summed E-state index contributed by atoms with van der Waals surface area (Å²) in [6.45, 7) is 5.88. The third kappa shape index (κ3) is 1.72. The molecule has 2 aromatic rings. The van der Waals surface area contributed by atoms with E-state index in [0.717, 1.165) is 5.69 Å². The van der Waals surface area contributed by atoms with Crippen LogP contribution in [0.1, 0.15) is 25.2 Å². The number of hydrogen-bond acceptors (Lipinski definition) is 3. The first-order chi connectivity index (χ1) is 6.81. The van der Waals surface area contributed by atoms with Crippen LogP contribution in [0.5, 0.6) is 0 Å². The van der Waals surface area contributed by atoms with E-state index in [1.807, 2.05) is 39.0 Å². The predicted molar refractivity (Wildman–Crippen MR) is 53.8 cm³/mol. The fourth-order valence-corrected chi connectivity index (χ4v) is 1.04. The van der Waals surface area contributed by atoms with Crippen LogP contribution in [0.2, 0.25) is 0 Å². The van der Waals surface area contributed by atoms with Crippen LogP contribution in [0.25, 0.3) is 5.65 Å². The molecular weight excluding hydrogens is 176 g/mol. The number of hydrogen-bond donors (Lipinski definition) is 0. The van der Waals surface area contributed by atoms with Crippen molar-refractivity contribution in [2.45, 2.75) is 20.8 Å². The molecule has 0 saturated heterocycles. The normalized spacial score (nSPS) is 9.00. The molecule has 2 heterocycles. The summed E-state index contributed by atoms with van der Waals surface area (Å²) in [7, 11) is 0. The van der Waals surface area contributed by atoms with Crippen LogP contribution in [0.15, 0.2) is 18.3 Å². The molecule has 2 aromatic heterocycles. The van der Waals surface area contributed by atoms with E-state index in [2.05, 4.69) is 10.1 Å². The Labute approximate surface area is 82.8 Å². The molecule has 4 nitrogen and oxygen atoms in total. The van der Waals surface area contributed by atoms with Crippen molar-refractivity contribution in [3.8, 4) is 6.07 Å². The van der Waals surface area contributed by atoms with Gasteiger partial charge in [0, 0.05) is 0 Å². The highest BCUT2D eigenvalue weighted by Crippen LogP contribution is 2.03. The molecule has 0 amide bonds. The second-order valence-corrected chi connectivity index (χ2v) is 2.50. The maximum atomic E-state index is 8.66. The zero-order chi connectivity index (χ0) is 10.6. The topological polar surface area (TPSA) is 54.0 Å². The number of nitrogens with zero attached hydrogens (tertiary/aromatic N) is 4. The van der Waals surface area contributed by atoms with Gasteiger partial charge in [0.1, 0.15) is 6.07 Å². The predicted octanol–water partition coefficient (Wildman–Crippen LogP) is 1.94. The zero-order valence-electron chi connectivity index (χ0n) is 8.52. The van der Waals surface area contributed by atoms with Gasteiger partial charge in [-0.2, -0.15) is 10.4 Å². The third-order valence-electron chi connectivity index (χ3n) is 1.61. The molecule has 0 radical (unpaired) electrons. The van der Waals surface area contributed by atoms with Gasteiger partial charge >= 0.3 is 0 Å². The summed E-state index contributed by atoms with van der Waals surface area (Å²) in [4.78, 5) is 4.01. The standard InChI is InChI=1S/C8H6N4.C2H6/c1-6-2-3-8-10-5-7(4-9)12(8)11-6;1-2/h2-3,5H,1H3;1-2H3. The quantitative estimate of drug-likeness (QED) is 0.634. The smallest absolute Gasteiger partial charge is 0.162 e. The van der Waals surface area contributed by atoms with Crippen LogP contribution in [0.4, 0.5) is 0 Å². The van der Waals surface area contributed by atoms with Crippen LogP contribution < -0.4 is 0 Å². The number of nitriles is 1. The van der Waals surface area contributed by atoms with Gasteiger partial charge in [0.15, 0.2) is 11.3 Å². The Bertz CT molecular complexity index is 464. The van der Waals surface area contributed by atoms with Crippen LogP contribution in [-0.4, -0.2) is 14.6 Å². The van der Waals surface area contributed by atoms with Crippen molar-refractivity contribution < 1.29 is 0 Å². The number of fused-ring (bicyclic) bond motifs is 1. The van der Waals surface area contributed by atoms with Crippen molar-refractivity contribution in [2.75, 3.05) is 0 Å². The molecule has 4 heteroatoms. The molecule has 14 heavy (non-hydrogen) atoms. The first-order valence-electron chi connectivity index (χ1n) is 4.53. The SMILES string of the molecule is CC.Cc1ccc2ncc(C#N)n2n1. The molecule has 0 N–H and O–H groups in total. The van der Waals surface area contributed by atoms with E-state index in [4.69, 9.17) is 5.26 Å². The lowest BCUT2D eigenvalue weighted by Crippen LogP contribution is -1.95. The minimum Gasteiger partial charge on any atom is -0.234 e. The molecule has 0 aliphatic heterocycles. The molecule has 0 aliphatic rings. The highest BCUT2D eigenvalue weighted by Gasteiger charge is 2.01. The van der Waals surface area contributed by atoms with Crippen LogP contribution in [0.3, 0.4) is 0 Å². The summed E-state index contributed by atoms with van der Waals surface area (Å²) in [6, 6.07) is 5.72. The Kier molecular flexibility index (Phi) is 3.19. The van der Waals surface area contributed by atoms with E-state index in [1.54, 1.807) is 0 Å². The third-order valence-corrected chi connectivity index (χ3v) is 1.61. The maximum Gasteiger partial charge on any atom is 0.162 e. The Morgan fingerprint density at radius 1 is 1.36 bits per heavy atom. The molecular formula is C10H12N4. The van der Waals surface area contributed by atoms with E-state index >= 15 is 0 Å². The molecule has 0 fully saturated rings. The first-order valence-corrected chi connectivity index (χ1v) is 4.53. The van der Waals surface area contributed by atoms with E-state index in [0.29, 0.717) is 11.3 Å². The lowest BCUT2D eigenvalue weighted by Gasteiger charge is -1.93. The summed E-state index contributed by atoms with van der Waals surface area (Å²) in [5.74, 6) is 0.